The fraction of sp³-hybridized carbons (Fsp3) is 0.364. The molecule has 0 aliphatic rings. The Morgan fingerprint density at radius 1 is 1.40 bits per heavy atom. The monoisotopic (exact) mass is 245 g/mol. The van der Waals surface area contributed by atoms with Crippen molar-refractivity contribution in [2.45, 2.75) is 25.8 Å². The van der Waals surface area contributed by atoms with Crippen LogP contribution in [0.15, 0.2) is 18.2 Å². The number of Topliss-reactive ketones (excluding diaryl/α,β-unsaturated/α-hetero) is 1. The Hall–Kier alpha value is -0.570. The van der Waals surface area contributed by atoms with Crippen LogP contribution in [0.4, 0.5) is 0 Å². The highest BCUT2D eigenvalue weighted by Crippen LogP contribution is 2.22. The number of hydrogen-bond acceptors (Lipinski definition) is 2. The molecule has 0 bridgehead atoms. The second-order valence-corrected chi connectivity index (χ2v) is 4.46. The zero-order chi connectivity index (χ0) is 11.4. The van der Waals surface area contributed by atoms with E-state index in [1.807, 2.05) is 6.92 Å². The Morgan fingerprint density at radius 2 is 2.07 bits per heavy atom. The number of rotatable bonds is 4. The molecular weight excluding hydrogens is 233 g/mol. The molecule has 0 saturated carbocycles. The first-order valence-corrected chi connectivity index (χ1v) is 5.46. The lowest BCUT2D eigenvalue weighted by atomic mass is 10.0. The molecule has 0 aromatic heterocycles. The Balaban J connectivity index is 2.65. The highest BCUT2D eigenvalue weighted by Gasteiger charge is 2.07. The van der Waals surface area contributed by atoms with Crippen LogP contribution in [-0.2, 0) is 11.2 Å². The van der Waals surface area contributed by atoms with Gasteiger partial charge in [0.1, 0.15) is 5.78 Å². The minimum atomic E-state index is -0.0970. The topological polar surface area (TPSA) is 43.1 Å². The van der Waals surface area contributed by atoms with Gasteiger partial charge >= 0.3 is 0 Å². The lowest BCUT2D eigenvalue weighted by Crippen LogP contribution is -2.20. The van der Waals surface area contributed by atoms with E-state index in [-0.39, 0.29) is 11.8 Å². The summed E-state index contributed by atoms with van der Waals surface area (Å²) in [6.45, 7) is 1.81. The minimum absolute atomic E-state index is 0.0970. The molecule has 0 amide bonds. The van der Waals surface area contributed by atoms with E-state index in [1.54, 1.807) is 18.2 Å². The molecule has 0 heterocycles. The molecule has 82 valence electrons. The van der Waals surface area contributed by atoms with Gasteiger partial charge in [0.05, 0.1) is 10.0 Å². The van der Waals surface area contributed by atoms with E-state index in [9.17, 15) is 4.79 Å². The smallest absolute Gasteiger partial charge is 0.138 e. The second-order valence-electron chi connectivity index (χ2n) is 3.65. The normalized spacial score (nSPS) is 12.5. The molecule has 0 radical (unpaired) electrons. The largest absolute Gasteiger partial charge is 0.328 e. The predicted octanol–water partition coefficient (Wildman–Crippen LogP) is 2.84. The third kappa shape index (κ3) is 4.20. The van der Waals surface area contributed by atoms with E-state index in [1.165, 1.54) is 0 Å². The minimum Gasteiger partial charge on any atom is -0.328 e. The van der Waals surface area contributed by atoms with Crippen molar-refractivity contribution in [3.05, 3.63) is 33.8 Å². The summed E-state index contributed by atoms with van der Waals surface area (Å²) in [6.07, 6.45) is 0.749. The maximum Gasteiger partial charge on any atom is 0.138 e. The molecule has 0 spiro atoms. The average molecular weight is 246 g/mol. The van der Waals surface area contributed by atoms with Crippen molar-refractivity contribution in [1.82, 2.24) is 0 Å². The van der Waals surface area contributed by atoms with Crippen LogP contribution in [0.25, 0.3) is 0 Å². The SMILES string of the molecule is CC(N)CC(=O)Cc1ccc(Cl)c(Cl)c1. The van der Waals surface area contributed by atoms with Crippen LogP contribution < -0.4 is 5.73 Å². The number of hydrogen-bond donors (Lipinski definition) is 1. The van der Waals surface area contributed by atoms with Crippen molar-refractivity contribution < 1.29 is 4.79 Å². The van der Waals surface area contributed by atoms with Crippen LogP contribution >= 0.6 is 23.2 Å². The molecule has 0 saturated heterocycles. The standard InChI is InChI=1S/C11H13Cl2NO/c1-7(14)4-9(15)5-8-2-3-10(12)11(13)6-8/h2-3,6-7H,4-5,14H2,1H3. The molecule has 0 aliphatic carbocycles. The summed E-state index contributed by atoms with van der Waals surface area (Å²) in [5.41, 5.74) is 6.40. The first-order valence-electron chi connectivity index (χ1n) is 4.70. The number of carbonyl (C=O) groups is 1. The summed E-state index contributed by atoms with van der Waals surface area (Å²) in [5.74, 6) is 0.114. The third-order valence-electron chi connectivity index (χ3n) is 1.93. The maximum absolute atomic E-state index is 11.5. The molecule has 1 rings (SSSR count). The number of benzene rings is 1. The summed E-state index contributed by atoms with van der Waals surface area (Å²) in [6, 6.07) is 5.11. The first kappa shape index (κ1) is 12.5. The van der Waals surface area contributed by atoms with Crippen LogP contribution in [0, 0.1) is 0 Å². The highest BCUT2D eigenvalue weighted by atomic mass is 35.5. The van der Waals surface area contributed by atoms with Gasteiger partial charge in [-0.3, -0.25) is 4.79 Å². The van der Waals surface area contributed by atoms with Crippen LogP contribution in [0.5, 0.6) is 0 Å². The van der Waals surface area contributed by atoms with Crippen molar-refractivity contribution in [1.29, 1.82) is 0 Å². The van der Waals surface area contributed by atoms with Crippen LogP contribution in [0.2, 0.25) is 10.0 Å². The van der Waals surface area contributed by atoms with Gasteiger partial charge in [0.25, 0.3) is 0 Å². The van der Waals surface area contributed by atoms with Gasteiger partial charge in [-0.2, -0.15) is 0 Å². The summed E-state index contributed by atoms with van der Waals surface area (Å²) in [5, 5.41) is 0.975. The van der Waals surface area contributed by atoms with E-state index in [2.05, 4.69) is 0 Å². The zero-order valence-electron chi connectivity index (χ0n) is 8.47. The Bertz CT molecular complexity index is 364. The van der Waals surface area contributed by atoms with Crippen LogP contribution in [-0.4, -0.2) is 11.8 Å². The van der Waals surface area contributed by atoms with Gasteiger partial charge in [0, 0.05) is 18.9 Å². The molecule has 15 heavy (non-hydrogen) atoms. The van der Waals surface area contributed by atoms with Gasteiger partial charge in [-0.05, 0) is 24.6 Å². The average Bonchev–Trinajstić information content (AvgIpc) is 2.10. The van der Waals surface area contributed by atoms with Crippen molar-refractivity contribution in [2.24, 2.45) is 5.73 Å². The zero-order valence-corrected chi connectivity index (χ0v) is 9.98. The lowest BCUT2D eigenvalue weighted by molar-refractivity contribution is -0.118. The van der Waals surface area contributed by atoms with E-state index >= 15 is 0 Å². The van der Waals surface area contributed by atoms with Crippen molar-refractivity contribution >= 4 is 29.0 Å². The van der Waals surface area contributed by atoms with Gasteiger partial charge in [-0.15, -0.1) is 0 Å². The second kappa shape index (κ2) is 5.50. The maximum atomic E-state index is 11.5. The number of carbonyl (C=O) groups excluding carboxylic acids is 1. The first-order chi connectivity index (χ1) is 6.99. The molecule has 0 fully saturated rings. The third-order valence-corrected chi connectivity index (χ3v) is 2.67. The van der Waals surface area contributed by atoms with E-state index in [0.717, 1.165) is 5.56 Å². The van der Waals surface area contributed by atoms with Crippen LogP contribution in [0.3, 0.4) is 0 Å². The number of ketones is 1. The molecule has 4 heteroatoms. The fourth-order valence-electron chi connectivity index (χ4n) is 1.31. The summed E-state index contributed by atoms with van der Waals surface area (Å²) < 4.78 is 0. The Labute approximate surface area is 99.4 Å². The summed E-state index contributed by atoms with van der Waals surface area (Å²) in [7, 11) is 0. The van der Waals surface area contributed by atoms with Gasteiger partial charge in [0.2, 0.25) is 0 Å². The molecule has 1 aromatic carbocycles. The number of nitrogens with two attached hydrogens (primary N) is 1. The molecule has 2 N–H and O–H groups in total. The summed E-state index contributed by atoms with van der Waals surface area (Å²) in [4.78, 5) is 11.5. The Kier molecular flexibility index (Phi) is 4.58. The van der Waals surface area contributed by atoms with Gasteiger partial charge in [-0.25, -0.2) is 0 Å². The van der Waals surface area contributed by atoms with Crippen molar-refractivity contribution in [3.8, 4) is 0 Å². The van der Waals surface area contributed by atoms with E-state index in [0.29, 0.717) is 22.9 Å². The highest BCUT2D eigenvalue weighted by molar-refractivity contribution is 6.42. The molecular formula is C11H13Cl2NO. The number of halogens is 2. The molecule has 2 nitrogen and oxygen atoms in total. The fourth-order valence-corrected chi connectivity index (χ4v) is 1.63. The van der Waals surface area contributed by atoms with E-state index < -0.39 is 0 Å². The predicted molar refractivity (Wildman–Crippen MR) is 63.4 cm³/mol. The Morgan fingerprint density at radius 3 is 2.60 bits per heavy atom. The summed E-state index contributed by atoms with van der Waals surface area (Å²) >= 11 is 11.6. The van der Waals surface area contributed by atoms with Crippen molar-refractivity contribution in [2.75, 3.05) is 0 Å². The van der Waals surface area contributed by atoms with E-state index in [4.69, 9.17) is 28.9 Å². The molecule has 1 atom stereocenters. The molecule has 1 aromatic rings. The van der Waals surface area contributed by atoms with Crippen LogP contribution in [0.1, 0.15) is 18.9 Å². The molecule has 1 unspecified atom stereocenters. The quantitative estimate of drug-likeness (QED) is 0.887. The molecule has 0 aliphatic heterocycles. The van der Waals surface area contributed by atoms with Gasteiger partial charge in [0.15, 0.2) is 0 Å². The van der Waals surface area contributed by atoms with Gasteiger partial charge < -0.3 is 5.73 Å². The van der Waals surface area contributed by atoms with Crippen molar-refractivity contribution in [3.63, 3.8) is 0 Å². The van der Waals surface area contributed by atoms with Gasteiger partial charge in [-0.1, -0.05) is 29.3 Å². The lowest BCUT2D eigenvalue weighted by Gasteiger charge is -2.05.